The van der Waals surface area contributed by atoms with Crippen LogP contribution in [-0.2, 0) is 9.47 Å². The van der Waals surface area contributed by atoms with Gasteiger partial charge in [0.1, 0.15) is 7.85 Å². The van der Waals surface area contributed by atoms with Crippen molar-refractivity contribution < 1.29 is 19.3 Å². The summed E-state index contributed by atoms with van der Waals surface area (Å²) < 4.78 is 9.72. The second kappa shape index (κ2) is 6.58. The van der Waals surface area contributed by atoms with Gasteiger partial charge >= 0.3 is 0 Å². The van der Waals surface area contributed by atoms with Gasteiger partial charge in [-0.25, -0.2) is 0 Å². The second-order valence-corrected chi connectivity index (χ2v) is 3.03. The van der Waals surface area contributed by atoms with E-state index in [9.17, 15) is 0 Å². The summed E-state index contributed by atoms with van der Waals surface area (Å²) in [5, 5.41) is 0. The smallest absolute Gasteiger partial charge is 0.190 e. The molecule has 0 rings (SSSR count). The van der Waals surface area contributed by atoms with E-state index in [1.807, 2.05) is 0 Å². The maximum Gasteiger partial charge on any atom is 0.190 e. The fourth-order valence-corrected chi connectivity index (χ4v) is 1.10. The Morgan fingerprint density at radius 3 is 2.50 bits per heavy atom. The van der Waals surface area contributed by atoms with E-state index in [0.717, 1.165) is 5.82 Å². The fraction of sp³-hybridized carbons (Fsp3) is 0.667. The van der Waals surface area contributed by atoms with Crippen molar-refractivity contribution in [2.45, 2.75) is 6.10 Å². The summed E-state index contributed by atoms with van der Waals surface area (Å²) in [6.45, 7) is 0.294. The van der Waals surface area contributed by atoms with Crippen molar-refractivity contribution in [1.82, 2.24) is 0 Å². The summed E-state index contributed by atoms with van der Waals surface area (Å²) in [4.78, 5) is 17.2. The lowest BCUT2D eigenvalue weighted by atomic mass is 9.92. The van der Waals surface area contributed by atoms with Crippen LogP contribution in [-0.4, -0.2) is 44.6 Å². The highest BCUT2D eigenvalue weighted by Gasteiger charge is 2.09. The van der Waals surface area contributed by atoms with Gasteiger partial charge in [0.15, 0.2) is 8.38 Å². The summed E-state index contributed by atoms with van der Waals surface area (Å²) in [5.74, 6) is 1.16. The van der Waals surface area contributed by atoms with Crippen molar-refractivity contribution in [1.29, 1.82) is 0 Å². The van der Waals surface area contributed by atoms with Gasteiger partial charge in [-0.15, -0.1) is 0 Å². The normalized spacial score (nSPS) is 15.2. The fourth-order valence-electron chi connectivity index (χ4n) is 0.668. The van der Waals surface area contributed by atoms with Gasteiger partial charge < -0.3 is 19.3 Å². The van der Waals surface area contributed by atoms with Crippen LogP contribution in [0.4, 0.5) is 0 Å². The first kappa shape index (κ1) is 12.1. The van der Waals surface area contributed by atoms with E-state index in [1.54, 1.807) is 0 Å². The van der Waals surface area contributed by atoms with Gasteiger partial charge in [-0.2, -0.15) is 0 Å². The number of ether oxygens (including phenoxy) is 2. The van der Waals surface area contributed by atoms with Gasteiger partial charge in [-0.3, -0.25) is 0 Å². The molecular formula is C6H12BO4P. The number of hydrogen-bond acceptors (Lipinski definition) is 4. The predicted octanol–water partition coefficient (Wildman–Crippen LogP) is -0.0458. The van der Waals surface area contributed by atoms with Crippen molar-refractivity contribution in [2.24, 2.45) is 0 Å². The molecule has 0 aliphatic heterocycles. The van der Waals surface area contributed by atoms with E-state index >= 15 is 0 Å². The first-order valence-corrected chi connectivity index (χ1v) is 4.59. The highest BCUT2D eigenvalue weighted by atomic mass is 31.2. The van der Waals surface area contributed by atoms with Crippen LogP contribution in [0.15, 0.2) is 11.3 Å². The van der Waals surface area contributed by atoms with E-state index in [0.29, 0.717) is 6.61 Å². The van der Waals surface area contributed by atoms with Gasteiger partial charge in [0, 0.05) is 14.2 Å². The first-order valence-electron chi connectivity index (χ1n) is 3.27. The molecule has 0 amide bonds. The minimum Gasteiger partial charge on any atom is -0.382 e. The molecule has 0 bridgehead atoms. The lowest BCUT2D eigenvalue weighted by Crippen LogP contribution is -2.20. The Labute approximate surface area is 74.5 Å². The maximum absolute atomic E-state index is 8.60. The van der Waals surface area contributed by atoms with Crippen molar-refractivity contribution in [3.05, 3.63) is 11.3 Å². The molecule has 0 saturated heterocycles. The van der Waals surface area contributed by atoms with Gasteiger partial charge in [0.2, 0.25) is 0 Å². The average Bonchev–Trinajstić information content (AvgIpc) is 1.98. The molecule has 12 heavy (non-hydrogen) atoms. The molecule has 0 aliphatic carbocycles. The Morgan fingerprint density at radius 2 is 2.17 bits per heavy atom. The van der Waals surface area contributed by atoms with Crippen LogP contribution in [0.1, 0.15) is 0 Å². The third-order valence-corrected chi connectivity index (χ3v) is 1.77. The molecule has 0 aromatic rings. The molecule has 2 N–H and O–H groups in total. The SMILES string of the molecule is [B]/C(=C\P(O)O)C(COC)OC. The second-order valence-electron chi connectivity index (χ2n) is 2.13. The number of hydrogen-bond donors (Lipinski definition) is 2. The van der Waals surface area contributed by atoms with Crippen LogP contribution in [0.3, 0.4) is 0 Å². The molecule has 4 nitrogen and oxygen atoms in total. The van der Waals surface area contributed by atoms with Crippen molar-refractivity contribution in [3.63, 3.8) is 0 Å². The van der Waals surface area contributed by atoms with Crippen molar-refractivity contribution in [2.75, 3.05) is 20.8 Å². The first-order chi connectivity index (χ1) is 5.61. The van der Waals surface area contributed by atoms with Crippen molar-refractivity contribution >= 4 is 16.2 Å². The standard InChI is InChI=1S/C6H12BO4P/c1-10-3-6(11-2)5(7)4-12(8)9/h4,6,8-9H,3H2,1-2H3/b5-4-. The summed E-state index contributed by atoms with van der Waals surface area (Å²) in [6, 6.07) is 0. The Balaban J connectivity index is 4.09. The number of methoxy groups -OCH3 is 2. The minimum absolute atomic E-state index is 0.274. The van der Waals surface area contributed by atoms with Crippen LogP contribution < -0.4 is 0 Å². The van der Waals surface area contributed by atoms with Crippen LogP contribution in [0.25, 0.3) is 0 Å². The van der Waals surface area contributed by atoms with Gasteiger partial charge in [-0.05, 0) is 5.82 Å². The van der Waals surface area contributed by atoms with Crippen LogP contribution >= 0.6 is 8.38 Å². The molecule has 0 fully saturated rings. The number of rotatable bonds is 5. The van der Waals surface area contributed by atoms with Gasteiger partial charge in [-0.1, -0.05) is 5.47 Å². The van der Waals surface area contributed by atoms with E-state index in [-0.39, 0.29) is 5.47 Å². The Morgan fingerprint density at radius 1 is 1.58 bits per heavy atom. The quantitative estimate of drug-likeness (QED) is 0.471. The predicted molar refractivity (Wildman–Crippen MR) is 47.9 cm³/mol. The Kier molecular flexibility index (Phi) is 6.62. The lowest BCUT2D eigenvalue weighted by molar-refractivity contribution is 0.0546. The molecule has 0 saturated carbocycles. The van der Waals surface area contributed by atoms with E-state index in [1.165, 1.54) is 14.2 Å². The highest BCUT2D eigenvalue weighted by molar-refractivity contribution is 7.48. The molecule has 2 radical (unpaired) electrons. The van der Waals surface area contributed by atoms with Gasteiger partial charge in [0.05, 0.1) is 12.7 Å². The third-order valence-electron chi connectivity index (χ3n) is 1.24. The molecule has 6 heteroatoms. The van der Waals surface area contributed by atoms with Crippen LogP contribution in [0.5, 0.6) is 0 Å². The van der Waals surface area contributed by atoms with Crippen molar-refractivity contribution in [3.8, 4) is 0 Å². The molecule has 0 spiro atoms. The van der Waals surface area contributed by atoms with Gasteiger partial charge in [0.25, 0.3) is 0 Å². The average molecular weight is 190 g/mol. The Hall–Kier alpha value is 0.0749. The van der Waals surface area contributed by atoms with E-state index in [4.69, 9.17) is 27.1 Å². The molecule has 68 valence electrons. The van der Waals surface area contributed by atoms with E-state index < -0.39 is 14.5 Å². The maximum atomic E-state index is 8.60. The molecule has 1 unspecified atom stereocenters. The largest absolute Gasteiger partial charge is 0.382 e. The summed E-state index contributed by atoms with van der Waals surface area (Å²) in [6.07, 6.45) is -0.417. The summed E-state index contributed by atoms with van der Waals surface area (Å²) in [7, 11) is 6.34. The van der Waals surface area contributed by atoms with Crippen LogP contribution in [0.2, 0.25) is 0 Å². The molecule has 0 aromatic heterocycles. The van der Waals surface area contributed by atoms with E-state index in [2.05, 4.69) is 0 Å². The molecule has 0 aromatic carbocycles. The zero-order valence-corrected chi connectivity index (χ0v) is 7.99. The molecular weight excluding hydrogens is 178 g/mol. The minimum atomic E-state index is -2.11. The molecule has 0 aliphatic rings. The summed E-state index contributed by atoms with van der Waals surface area (Å²) >= 11 is 0. The monoisotopic (exact) mass is 190 g/mol. The zero-order chi connectivity index (χ0) is 9.56. The topological polar surface area (TPSA) is 58.9 Å². The van der Waals surface area contributed by atoms with Crippen LogP contribution in [0, 0.1) is 0 Å². The molecule has 1 atom stereocenters. The Bertz CT molecular complexity index is 150. The molecule has 0 heterocycles. The third kappa shape index (κ3) is 4.85. The summed E-state index contributed by atoms with van der Waals surface area (Å²) in [5.41, 5.74) is 0.274. The highest BCUT2D eigenvalue weighted by Crippen LogP contribution is 2.27. The lowest BCUT2D eigenvalue weighted by Gasteiger charge is -2.15. The zero-order valence-electron chi connectivity index (χ0n) is 7.10.